The highest BCUT2D eigenvalue weighted by Gasteiger charge is 2.24. The Kier molecular flexibility index (Phi) is 3.58. The van der Waals surface area contributed by atoms with E-state index in [1.807, 2.05) is 32.0 Å². The van der Waals surface area contributed by atoms with Gasteiger partial charge in [-0.25, -0.2) is 0 Å². The summed E-state index contributed by atoms with van der Waals surface area (Å²) in [4.78, 5) is 0. The predicted molar refractivity (Wildman–Crippen MR) is 60.4 cm³/mol. The average molecular weight is 242 g/mol. The van der Waals surface area contributed by atoms with E-state index < -0.39 is 11.4 Å². The number of ether oxygens (including phenoxy) is 1. The van der Waals surface area contributed by atoms with Crippen LogP contribution in [0.5, 0.6) is 5.75 Å². The molecule has 1 aromatic carbocycles. The Labute approximate surface area is 97.4 Å². The zero-order chi connectivity index (χ0) is 11.5. The van der Waals surface area contributed by atoms with Crippen LogP contribution in [0.4, 0.5) is 0 Å². The number of hydrogen-bond donors (Lipinski definition) is 0. The Hall–Kier alpha value is -0.910. The molecule has 1 aliphatic heterocycles. The van der Waals surface area contributed by atoms with Crippen LogP contribution in [0, 0.1) is 13.8 Å². The Morgan fingerprint density at radius 2 is 2.12 bits per heavy atom. The van der Waals surface area contributed by atoms with Crippen molar-refractivity contribution in [3.05, 3.63) is 29.3 Å². The normalized spacial score (nSPS) is 24.6. The molecule has 0 amide bonds. The van der Waals surface area contributed by atoms with Crippen molar-refractivity contribution in [2.75, 3.05) is 13.2 Å². The van der Waals surface area contributed by atoms with Crippen LogP contribution in [0.15, 0.2) is 18.2 Å². The number of hydrogen-bond acceptors (Lipinski definition) is 4. The van der Waals surface area contributed by atoms with Gasteiger partial charge in [-0.05, 0) is 25.0 Å². The van der Waals surface area contributed by atoms with Gasteiger partial charge in [0.1, 0.15) is 18.5 Å². The molecule has 1 heterocycles. The summed E-state index contributed by atoms with van der Waals surface area (Å²) in [7, 11) is 0. The first kappa shape index (κ1) is 11.6. The second kappa shape index (κ2) is 4.95. The SMILES string of the molecule is Cc1cccc(C)c1OC[C@H]1CO[S@@](=O)O1. The van der Waals surface area contributed by atoms with Crippen LogP contribution in [-0.2, 0) is 19.7 Å². The molecule has 0 radical (unpaired) electrons. The average Bonchev–Trinajstić information content (AvgIpc) is 2.63. The first-order valence-electron chi connectivity index (χ1n) is 5.08. The van der Waals surface area contributed by atoms with Crippen LogP contribution in [-0.4, -0.2) is 23.5 Å². The van der Waals surface area contributed by atoms with Crippen LogP contribution in [0.25, 0.3) is 0 Å². The van der Waals surface area contributed by atoms with E-state index in [9.17, 15) is 4.21 Å². The highest BCUT2D eigenvalue weighted by atomic mass is 32.2. The quantitative estimate of drug-likeness (QED) is 0.809. The molecule has 0 aromatic heterocycles. The maximum atomic E-state index is 10.8. The Morgan fingerprint density at radius 3 is 2.69 bits per heavy atom. The first-order chi connectivity index (χ1) is 7.66. The molecule has 1 aromatic rings. The zero-order valence-corrected chi connectivity index (χ0v) is 10.1. The molecule has 1 fully saturated rings. The third-order valence-electron chi connectivity index (χ3n) is 2.39. The molecule has 1 aliphatic rings. The molecule has 0 unspecified atom stereocenters. The summed E-state index contributed by atoms with van der Waals surface area (Å²) in [5.41, 5.74) is 2.17. The number of benzene rings is 1. The molecule has 0 aliphatic carbocycles. The first-order valence-corrected chi connectivity index (χ1v) is 6.08. The van der Waals surface area contributed by atoms with E-state index in [4.69, 9.17) is 13.1 Å². The van der Waals surface area contributed by atoms with Crippen molar-refractivity contribution < 1.29 is 17.3 Å². The number of aryl methyl sites for hydroxylation is 2. The lowest BCUT2D eigenvalue weighted by molar-refractivity contribution is 0.150. The van der Waals surface area contributed by atoms with Crippen LogP contribution in [0.1, 0.15) is 11.1 Å². The lowest BCUT2D eigenvalue weighted by Gasteiger charge is -2.13. The molecule has 0 bridgehead atoms. The van der Waals surface area contributed by atoms with E-state index in [1.165, 1.54) is 0 Å². The van der Waals surface area contributed by atoms with Crippen molar-refractivity contribution in [1.29, 1.82) is 0 Å². The van der Waals surface area contributed by atoms with Gasteiger partial charge in [0.25, 0.3) is 0 Å². The fraction of sp³-hybridized carbons (Fsp3) is 0.455. The van der Waals surface area contributed by atoms with E-state index in [2.05, 4.69) is 0 Å². The van der Waals surface area contributed by atoms with Crippen molar-refractivity contribution in [3.63, 3.8) is 0 Å². The molecule has 0 saturated carbocycles. The van der Waals surface area contributed by atoms with Crippen molar-refractivity contribution in [1.82, 2.24) is 0 Å². The predicted octanol–water partition coefficient (Wildman–Crippen LogP) is 1.68. The highest BCUT2D eigenvalue weighted by molar-refractivity contribution is 7.75. The minimum atomic E-state index is -1.60. The molecule has 88 valence electrons. The van der Waals surface area contributed by atoms with Crippen LogP contribution in [0.2, 0.25) is 0 Å². The van der Waals surface area contributed by atoms with Gasteiger partial charge in [0.15, 0.2) is 0 Å². The number of rotatable bonds is 3. The number of para-hydroxylation sites is 1. The van der Waals surface area contributed by atoms with Gasteiger partial charge >= 0.3 is 11.4 Å². The van der Waals surface area contributed by atoms with Gasteiger partial charge < -0.3 is 4.74 Å². The van der Waals surface area contributed by atoms with Crippen molar-refractivity contribution in [3.8, 4) is 5.75 Å². The van der Waals surface area contributed by atoms with E-state index in [0.29, 0.717) is 13.2 Å². The molecule has 2 rings (SSSR count). The third-order valence-corrected chi connectivity index (χ3v) is 3.14. The van der Waals surface area contributed by atoms with Gasteiger partial charge in [0.2, 0.25) is 0 Å². The summed E-state index contributed by atoms with van der Waals surface area (Å²) in [6.07, 6.45) is -0.250. The van der Waals surface area contributed by atoms with Gasteiger partial charge in [0, 0.05) is 0 Å². The lowest BCUT2D eigenvalue weighted by atomic mass is 10.1. The van der Waals surface area contributed by atoms with Gasteiger partial charge in [-0.15, -0.1) is 0 Å². The van der Waals surface area contributed by atoms with Crippen LogP contribution in [0.3, 0.4) is 0 Å². The van der Waals surface area contributed by atoms with Gasteiger partial charge in [-0.2, -0.15) is 4.21 Å². The Balaban J connectivity index is 1.97. The van der Waals surface area contributed by atoms with E-state index >= 15 is 0 Å². The molecule has 0 spiro atoms. The molecule has 2 atom stereocenters. The van der Waals surface area contributed by atoms with Crippen molar-refractivity contribution in [2.24, 2.45) is 0 Å². The molecule has 4 nitrogen and oxygen atoms in total. The van der Waals surface area contributed by atoms with Crippen LogP contribution < -0.4 is 4.74 Å². The monoisotopic (exact) mass is 242 g/mol. The fourth-order valence-corrected chi connectivity index (χ4v) is 2.23. The molecule has 1 saturated heterocycles. The topological polar surface area (TPSA) is 44.8 Å². The smallest absolute Gasteiger partial charge is 0.305 e. The molecular weight excluding hydrogens is 228 g/mol. The van der Waals surface area contributed by atoms with Gasteiger partial charge in [-0.3, -0.25) is 8.37 Å². The summed E-state index contributed by atoms with van der Waals surface area (Å²) < 4.78 is 26.2. The minimum absolute atomic E-state index is 0.250. The summed E-state index contributed by atoms with van der Waals surface area (Å²) >= 11 is -1.60. The van der Waals surface area contributed by atoms with E-state index in [0.717, 1.165) is 16.9 Å². The van der Waals surface area contributed by atoms with Gasteiger partial charge in [-0.1, -0.05) is 18.2 Å². The van der Waals surface area contributed by atoms with Crippen molar-refractivity contribution in [2.45, 2.75) is 20.0 Å². The molecule has 0 N–H and O–H groups in total. The second-order valence-electron chi connectivity index (χ2n) is 3.74. The van der Waals surface area contributed by atoms with Crippen molar-refractivity contribution >= 4 is 11.4 Å². The van der Waals surface area contributed by atoms with Crippen LogP contribution >= 0.6 is 0 Å². The summed E-state index contributed by atoms with van der Waals surface area (Å²) in [5, 5.41) is 0. The molecule has 16 heavy (non-hydrogen) atoms. The Morgan fingerprint density at radius 1 is 1.44 bits per heavy atom. The summed E-state index contributed by atoms with van der Waals surface area (Å²) in [6.45, 7) is 4.66. The molecule has 5 heteroatoms. The maximum absolute atomic E-state index is 10.8. The summed E-state index contributed by atoms with van der Waals surface area (Å²) in [6, 6.07) is 5.97. The van der Waals surface area contributed by atoms with E-state index in [-0.39, 0.29) is 6.10 Å². The third kappa shape index (κ3) is 2.61. The fourth-order valence-electron chi connectivity index (χ4n) is 1.58. The Bertz CT molecular complexity index is 385. The standard InChI is InChI=1S/C11H14O4S/c1-8-4-3-5-9(2)11(8)13-6-10-7-14-16(12)15-10/h3-5,10H,6-7H2,1-2H3/t10-,16+/m0/s1. The molecular formula is C11H14O4S. The maximum Gasteiger partial charge on any atom is 0.305 e. The largest absolute Gasteiger partial charge is 0.490 e. The van der Waals surface area contributed by atoms with Gasteiger partial charge in [0.05, 0.1) is 6.61 Å². The summed E-state index contributed by atoms with van der Waals surface area (Å²) in [5.74, 6) is 0.865. The minimum Gasteiger partial charge on any atom is -0.490 e. The van der Waals surface area contributed by atoms with E-state index in [1.54, 1.807) is 0 Å². The lowest BCUT2D eigenvalue weighted by Crippen LogP contribution is -2.20. The highest BCUT2D eigenvalue weighted by Crippen LogP contribution is 2.23. The zero-order valence-electron chi connectivity index (χ0n) is 9.26. The second-order valence-corrected chi connectivity index (χ2v) is 4.58.